The lowest BCUT2D eigenvalue weighted by Crippen LogP contribution is -2.45. The molecule has 1 aromatic carbocycles. The molecular weight excluding hydrogens is 264 g/mol. The zero-order valence-electron chi connectivity index (χ0n) is 12.4. The summed E-state index contributed by atoms with van der Waals surface area (Å²) < 4.78 is 1.69. The Morgan fingerprint density at radius 3 is 3.05 bits per heavy atom. The Morgan fingerprint density at radius 2 is 2.29 bits per heavy atom. The maximum absolute atomic E-state index is 5.94. The van der Waals surface area contributed by atoms with Gasteiger partial charge in [0.05, 0.1) is 5.69 Å². The van der Waals surface area contributed by atoms with E-state index in [0.29, 0.717) is 12.1 Å². The first-order valence-electron chi connectivity index (χ1n) is 7.58. The highest BCUT2D eigenvalue weighted by atomic mass is 15.5. The van der Waals surface area contributed by atoms with E-state index in [9.17, 15) is 0 Å². The molecule has 6 heteroatoms. The summed E-state index contributed by atoms with van der Waals surface area (Å²) in [6, 6.07) is 9.25. The van der Waals surface area contributed by atoms with Crippen molar-refractivity contribution < 1.29 is 0 Å². The molecule has 0 bridgehead atoms. The third kappa shape index (κ3) is 2.96. The lowest BCUT2D eigenvalue weighted by atomic mass is 9.97. The molecule has 2 N–H and O–H groups in total. The molecule has 2 aromatic rings. The number of nitrogens with two attached hydrogens (primary N) is 1. The molecule has 0 aliphatic carbocycles. The first kappa shape index (κ1) is 14.2. The van der Waals surface area contributed by atoms with Gasteiger partial charge in [-0.3, -0.25) is 4.90 Å². The van der Waals surface area contributed by atoms with Crippen LogP contribution in [0.3, 0.4) is 0 Å². The first-order valence-corrected chi connectivity index (χ1v) is 7.58. The monoisotopic (exact) mass is 286 g/mol. The Labute approximate surface area is 124 Å². The van der Waals surface area contributed by atoms with E-state index < -0.39 is 0 Å². The molecule has 1 aliphatic rings. The van der Waals surface area contributed by atoms with Gasteiger partial charge in [-0.15, -0.1) is 5.10 Å². The molecule has 2 unspecified atom stereocenters. The number of aromatic nitrogens is 4. The summed E-state index contributed by atoms with van der Waals surface area (Å²) in [5, 5.41) is 11.3. The molecule has 6 nitrogen and oxygen atoms in total. The minimum atomic E-state index is 0.357. The molecule has 0 radical (unpaired) electrons. The van der Waals surface area contributed by atoms with Gasteiger partial charge in [-0.1, -0.05) is 18.6 Å². The van der Waals surface area contributed by atoms with Crippen molar-refractivity contribution in [2.24, 2.45) is 5.73 Å². The van der Waals surface area contributed by atoms with Crippen LogP contribution in [0.15, 0.2) is 30.6 Å². The summed E-state index contributed by atoms with van der Waals surface area (Å²) in [7, 11) is 0. The van der Waals surface area contributed by atoms with Crippen LogP contribution in [0.2, 0.25) is 0 Å². The van der Waals surface area contributed by atoms with Gasteiger partial charge in [0.1, 0.15) is 6.33 Å². The number of hydrogen-bond donors (Lipinski definition) is 1. The minimum absolute atomic E-state index is 0.357. The van der Waals surface area contributed by atoms with Gasteiger partial charge in [0.15, 0.2) is 0 Å². The Balaban J connectivity index is 1.84. The van der Waals surface area contributed by atoms with Crippen LogP contribution in [0, 0.1) is 0 Å². The van der Waals surface area contributed by atoms with E-state index in [1.54, 1.807) is 11.0 Å². The van der Waals surface area contributed by atoms with Gasteiger partial charge in [-0.2, -0.15) is 0 Å². The van der Waals surface area contributed by atoms with E-state index in [0.717, 1.165) is 18.8 Å². The average Bonchev–Trinajstić information content (AvgIpc) is 3.09. The third-order valence-corrected chi connectivity index (χ3v) is 4.41. The number of piperidine rings is 1. The fourth-order valence-electron chi connectivity index (χ4n) is 3.18. The smallest absolute Gasteiger partial charge is 0.143 e. The summed E-state index contributed by atoms with van der Waals surface area (Å²) in [6.07, 6.45) is 5.37. The van der Waals surface area contributed by atoms with Crippen LogP contribution >= 0.6 is 0 Å². The first-order chi connectivity index (χ1) is 10.3. The molecule has 0 saturated carbocycles. The maximum Gasteiger partial charge on any atom is 0.143 e. The van der Waals surface area contributed by atoms with Crippen molar-refractivity contribution in [2.45, 2.75) is 38.3 Å². The minimum Gasteiger partial charge on any atom is -0.329 e. The quantitative estimate of drug-likeness (QED) is 0.923. The molecule has 3 rings (SSSR count). The lowest BCUT2D eigenvalue weighted by molar-refractivity contribution is 0.108. The van der Waals surface area contributed by atoms with Crippen LogP contribution in [0.25, 0.3) is 5.69 Å². The van der Waals surface area contributed by atoms with Gasteiger partial charge >= 0.3 is 0 Å². The van der Waals surface area contributed by atoms with E-state index in [2.05, 4.69) is 45.5 Å². The van der Waals surface area contributed by atoms with Gasteiger partial charge in [-0.25, -0.2) is 4.68 Å². The third-order valence-electron chi connectivity index (χ3n) is 4.41. The van der Waals surface area contributed by atoms with E-state index in [-0.39, 0.29) is 0 Å². The van der Waals surface area contributed by atoms with Crippen LogP contribution < -0.4 is 5.73 Å². The van der Waals surface area contributed by atoms with Gasteiger partial charge < -0.3 is 5.73 Å². The zero-order chi connectivity index (χ0) is 14.7. The Hall–Kier alpha value is -1.79. The van der Waals surface area contributed by atoms with Crippen LogP contribution in [-0.2, 0) is 0 Å². The standard InChI is InChI=1S/C15H22N6/c1-12(20-8-3-2-6-15(20)10-16)13-5-4-7-14(9-13)21-11-17-18-19-21/h4-5,7,9,11-12,15H,2-3,6,8,10,16H2,1H3. The number of nitrogens with zero attached hydrogens (tertiary/aromatic N) is 5. The molecule has 21 heavy (non-hydrogen) atoms. The van der Waals surface area contributed by atoms with Crippen molar-refractivity contribution in [3.63, 3.8) is 0 Å². The largest absolute Gasteiger partial charge is 0.329 e. The van der Waals surface area contributed by atoms with Crippen molar-refractivity contribution in [3.05, 3.63) is 36.2 Å². The van der Waals surface area contributed by atoms with Crippen molar-refractivity contribution >= 4 is 0 Å². The highest BCUT2D eigenvalue weighted by Crippen LogP contribution is 2.28. The highest BCUT2D eigenvalue weighted by Gasteiger charge is 2.26. The van der Waals surface area contributed by atoms with Gasteiger partial charge in [-0.05, 0) is 54.4 Å². The van der Waals surface area contributed by atoms with E-state index in [1.165, 1.54) is 24.8 Å². The summed E-state index contributed by atoms with van der Waals surface area (Å²) in [6.45, 7) is 4.11. The van der Waals surface area contributed by atoms with Crippen LogP contribution in [0.4, 0.5) is 0 Å². The van der Waals surface area contributed by atoms with Crippen molar-refractivity contribution in [3.8, 4) is 5.69 Å². The number of likely N-dealkylation sites (tertiary alicyclic amines) is 1. The molecule has 0 amide bonds. The Morgan fingerprint density at radius 1 is 1.38 bits per heavy atom. The van der Waals surface area contributed by atoms with E-state index >= 15 is 0 Å². The predicted octanol–water partition coefficient (Wildman–Crippen LogP) is 1.54. The molecule has 1 fully saturated rings. The second-order valence-electron chi connectivity index (χ2n) is 5.65. The lowest BCUT2D eigenvalue weighted by Gasteiger charge is -2.39. The molecule has 2 heterocycles. The number of rotatable bonds is 4. The fraction of sp³-hybridized carbons (Fsp3) is 0.533. The molecule has 1 saturated heterocycles. The van der Waals surface area contributed by atoms with Crippen LogP contribution in [0.5, 0.6) is 0 Å². The summed E-state index contributed by atoms with van der Waals surface area (Å²) in [5.74, 6) is 0. The second kappa shape index (κ2) is 6.32. The molecule has 112 valence electrons. The van der Waals surface area contributed by atoms with E-state index in [4.69, 9.17) is 5.73 Å². The summed E-state index contributed by atoms with van der Waals surface area (Å²) >= 11 is 0. The van der Waals surface area contributed by atoms with Crippen LogP contribution in [-0.4, -0.2) is 44.2 Å². The van der Waals surface area contributed by atoms with Crippen molar-refractivity contribution in [1.29, 1.82) is 0 Å². The molecule has 1 aliphatic heterocycles. The topological polar surface area (TPSA) is 72.9 Å². The molecule has 1 aromatic heterocycles. The number of tetrazole rings is 1. The zero-order valence-corrected chi connectivity index (χ0v) is 12.4. The second-order valence-corrected chi connectivity index (χ2v) is 5.65. The molecule has 2 atom stereocenters. The molecular formula is C15H22N6. The predicted molar refractivity (Wildman–Crippen MR) is 81.0 cm³/mol. The molecule has 0 spiro atoms. The van der Waals surface area contributed by atoms with Gasteiger partial charge in [0, 0.05) is 18.6 Å². The maximum atomic E-state index is 5.94. The normalized spacial score (nSPS) is 21.3. The van der Waals surface area contributed by atoms with Gasteiger partial charge in [0.25, 0.3) is 0 Å². The SMILES string of the molecule is CC(c1cccc(-n2cnnn2)c1)N1CCCCC1CN. The van der Waals surface area contributed by atoms with Crippen molar-refractivity contribution in [2.75, 3.05) is 13.1 Å². The Bertz CT molecular complexity index is 567. The highest BCUT2D eigenvalue weighted by molar-refractivity contribution is 5.35. The summed E-state index contributed by atoms with van der Waals surface area (Å²) in [5.41, 5.74) is 8.22. The van der Waals surface area contributed by atoms with Crippen molar-refractivity contribution in [1.82, 2.24) is 25.1 Å². The summed E-state index contributed by atoms with van der Waals surface area (Å²) in [4.78, 5) is 2.53. The number of hydrogen-bond acceptors (Lipinski definition) is 5. The average molecular weight is 286 g/mol. The van der Waals surface area contributed by atoms with Gasteiger partial charge in [0.2, 0.25) is 0 Å². The van der Waals surface area contributed by atoms with Crippen LogP contribution in [0.1, 0.15) is 37.8 Å². The van der Waals surface area contributed by atoms with E-state index in [1.807, 2.05) is 6.07 Å². The number of benzene rings is 1. The fourth-order valence-corrected chi connectivity index (χ4v) is 3.18. The Kier molecular flexibility index (Phi) is 4.26.